The van der Waals surface area contributed by atoms with Gasteiger partial charge in [0.25, 0.3) is 0 Å². The first kappa shape index (κ1) is 19.1. The van der Waals surface area contributed by atoms with Crippen molar-refractivity contribution in [2.24, 2.45) is 0 Å². The third-order valence-corrected chi connectivity index (χ3v) is 4.05. The van der Waals surface area contributed by atoms with E-state index >= 15 is 0 Å². The van der Waals surface area contributed by atoms with Gasteiger partial charge in [-0.1, -0.05) is 11.6 Å². The number of methoxy groups -OCH3 is 1. The lowest BCUT2D eigenvalue weighted by atomic mass is 10.1. The fourth-order valence-corrected chi connectivity index (χ4v) is 2.91. The molecule has 27 heavy (non-hydrogen) atoms. The van der Waals surface area contributed by atoms with Crippen molar-refractivity contribution in [2.75, 3.05) is 7.11 Å². The highest BCUT2D eigenvalue weighted by Gasteiger charge is 2.32. The smallest absolute Gasteiger partial charge is 0.433 e. The Labute approximate surface area is 155 Å². The normalized spacial score (nSPS) is 11.7. The second-order valence-electron chi connectivity index (χ2n) is 5.50. The van der Waals surface area contributed by atoms with E-state index in [1.165, 1.54) is 18.6 Å². The molecule has 0 aliphatic carbocycles. The van der Waals surface area contributed by atoms with Crippen LogP contribution in [0.4, 0.5) is 22.0 Å². The minimum atomic E-state index is -4.61. The van der Waals surface area contributed by atoms with Gasteiger partial charge in [0, 0.05) is 12.1 Å². The van der Waals surface area contributed by atoms with E-state index in [2.05, 4.69) is 9.97 Å². The van der Waals surface area contributed by atoms with Crippen LogP contribution in [0, 0.1) is 18.6 Å². The van der Waals surface area contributed by atoms with Gasteiger partial charge in [0.15, 0.2) is 5.15 Å². The summed E-state index contributed by atoms with van der Waals surface area (Å²) in [5.74, 6) is -1.75. The summed E-state index contributed by atoms with van der Waals surface area (Å²) < 4.78 is 73.2. The zero-order chi connectivity index (χ0) is 19.9. The van der Waals surface area contributed by atoms with E-state index in [-0.39, 0.29) is 28.1 Å². The number of aryl methyl sites for hydroxylation is 1. The third-order valence-electron chi connectivity index (χ3n) is 3.79. The Morgan fingerprint density at radius 3 is 2.22 bits per heavy atom. The summed E-state index contributed by atoms with van der Waals surface area (Å²) in [5, 5.41) is -0.213. The van der Waals surface area contributed by atoms with Gasteiger partial charge in [-0.2, -0.15) is 13.2 Å². The zero-order valence-corrected chi connectivity index (χ0v) is 14.7. The molecule has 1 aromatic carbocycles. The number of hydrogen-bond acceptors (Lipinski definition) is 3. The number of nitrogens with zero attached hydrogens (tertiary/aromatic N) is 3. The summed E-state index contributed by atoms with van der Waals surface area (Å²) in [6, 6.07) is 3.80. The Morgan fingerprint density at radius 2 is 1.74 bits per heavy atom. The Bertz CT molecular complexity index is 976. The van der Waals surface area contributed by atoms with Gasteiger partial charge in [0.1, 0.15) is 28.9 Å². The molecule has 0 radical (unpaired) electrons. The van der Waals surface area contributed by atoms with Crippen LogP contribution in [0.3, 0.4) is 0 Å². The summed E-state index contributed by atoms with van der Waals surface area (Å²) >= 11 is 6.06. The Hall–Kier alpha value is -2.68. The highest BCUT2D eigenvalue weighted by molar-refractivity contribution is 6.32. The Balaban J connectivity index is 2.21. The van der Waals surface area contributed by atoms with Gasteiger partial charge in [-0.25, -0.2) is 18.7 Å². The molecule has 2 heterocycles. The van der Waals surface area contributed by atoms with E-state index in [9.17, 15) is 22.0 Å². The highest BCUT2D eigenvalue weighted by Crippen LogP contribution is 2.37. The number of hydrogen-bond donors (Lipinski definition) is 0. The van der Waals surface area contributed by atoms with Gasteiger partial charge in [0.05, 0.1) is 30.3 Å². The van der Waals surface area contributed by atoms with Crippen molar-refractivity contribution in [2.45, 2.75) is 13.1 Å². The molecule has 0 spiro atoms. The largest absolute Gasteiger partial charge is 0.497 e. The number of aromatic nitrogens is 3. The minimum absolute atomic E-state index is 0.0381. The van der Waals surface area contributed by atoms with Crippen LogP contribution >= 0.6 is 11.6 Å². The first-order chi connectivity index (χ1) is 12.6. The lowest BCUT2D eigenvalue weighted by Gasteiger charge is -2.14. The monoisotopic (exact) mass is 403 g/mol. The van der Waals surface area contributed by atoms with Gasteiger partial charge < -0.3 is 4.74 Å². The molecule has 0 bridgehead atoms. The van der Waals surface area contributed by atoms with Crippen molar-refractivity contribution in [3.05, 3.63) is 58.8 Å². The molecule has 3 rings (SSSR count). The van der Waals surface area contributed by atoms with Crippen LogP contribution in [-0.4, -0.2) is 21.6 Å². The molecule has 0 aliphatic heterocycles. The van der Waals surface area contributed by atoms with Crippen molar-refractivity contribution in [3.63, 3.8) is 0 Å². The van der Waals surface area contributed by atoms with Crippen molar-refractivity contribution in [3.8, 4) is 22.7 Å². The zero-order valence-electron chi connectivity index (χ0n) is 13.9. The van der Waals surface area contributed by atoms with Gasteiger partial charge in [-0.3, -0.25) is 4.57 Å². The number of imidazole rings is 1. The maximum Gasteiger partial charge on any atom is 0.433 e. The van der Waals surface area contributed by atoms with E-state index in [1.807, 2.05) is 0 Å². The van der Waals surface area contributed by atoms with Crippen LogP contribution in [-0.2, 0) is 6.18 Å². The molecule has 4 nitrogen and oxygen atoms in total. The van der Waals surface area contributed by atoms with Gasteiger partial charge in [-0.05, 0) is 19.1 Å². The molecule has 0 saturated heterocycles. The summed E-state index contributed by atoms with van der Waals surface area (Å²) in [4.78, 5) is 7.33. The number of rotatable bonds is 3. The quantitative estimate of drug-likeness (QED) is 0.564. The van der Waals surface area contributed by atoms with Crippen LogP contribution in [0.25, 0.3) is 16.9 Å². The summed E-state index contributed by atoms with van der Waals surface area (Å²) in [7, 11) is 1.25. The van der Waals surface area contributed by atoms with Crippen molar-refractivity contribution >= 4 is 11.6 Å². The first-order valence-electron chi connectivity index (χ1n) is 7.45. The predicted octanol–water partition coefficient (Wildman–Crippen LogP) is 5.20. The summed E-state index contributed by atoms with van der Waals surface area (Å²) in [5.41, 5.74) is -1.61. The number of benzene rings is 1. The topological polar surface area (TPSA) is 39.9 Å². The number of ether oxygens (including phenoxy) is 1. The number of alkyl halides is 3. The van der Waals surface area contributed by atoms with Crippen LogP contribution < -0.4 is 4.74 Å². The maximum absolute atomic E-state index is 14.5. The maximum atomic E-state index is 14.5. The Kier molecular flexibility index (Phi) is 4.81. The van der Waals surface area contributed by atoms with E-state index in [4.69, 9.17) is 16.3 Å². The van der Waals surface area contributed by atoms with Gasteiger partial charge in [-0.15, -0.1) is 0 Å². The van der Waals surface area contributed by atoms with Crippen molar-refractivity contribution in [1.82, 2.24) is 14.5 Å². The predicted molar refractivity (Wildman–Crippen MR) is 88.0 cm³/mol. The Morgan fingerprint density at radius 1 is 1.11 bits per heavy atom. The van der Waals surface area contributed by atoms with Gasteiger partial charge >= 0.3 is 6.18 Å². The molecule has 0 aliphatic rings. The van der Waals surface area contributed by atoms with E-state index in [0.717, 1.165) is 30.5 Å². The average Bonchev–Trinajstić information content (AvgIpc) is 2.87. The summed E-state index contributed by atoms with van der Waals surface area (Å²) in [6.45, 7) is 1.49. The van der Waals surface area contributed by atoms with Crippen LogP contribution in [0.5, 0.6) is 5.75 Å². The molecule has 0 fully saturated rings. The number of halogens is 6. The standard InChI is InChI=1S/C17H11ClF5N3O/c1-8-25-16(18)15(14-11(19)5-10(27-2)6-12(14)20)26(8)9-3-4-13(24-7-9)17(21,22)23/h3-7H,1-2H3. The first-order valence-corrected chi connectivity index (χ1v) is 7.83. The molecular weight excluding hydrogens is 393 g/mol. The second-order valence-corrected chi connectivity index (χ2v) is 5.86. The molecule has 2 aromatic heterocycles. The van der Waals surface area contributed by atoms with Crippen LogP contribution in [0.2, 0.25) is 5.15 Å². The average molecular weight is 404 g/mol. The molecule has 0 N–H and O–H groups in total. The molecule has 0 unspecified atom stereocenters. The fourth-order valence-electron chi connectivity index (χ4n) is 2.61. The lowest BCUT2D eigenvalue weighted by Crippen LogP contribution is -2.09. The molecule has 0 amide bonds. The molecule has 0 atom stereocenters. The molecular formula is C17H11ClF5N3O. The fraction of sp³-hybridized carbons (Fsp3) is 0.176. The highest BCUT2D eigenvalue weighted by atomic mass is 35.5. The molecule has 142 valence electrons. The molecule has 10 heteroatoms. The molecule has 3 aromatic rings. The minimum Gasteiger partial charge on any atom is -0.497 e. The SMILES string of the molecule is COc1cc(F)c(-c2c(Cl)nc(C)n2-c2ccc(C(F)(F)F)nc2)c(F)c1. The van der Waals surface area contributed by atoms with E-state index < -0.39 is 29.1 Å². The lowest BCUT2D eigenvalue weighted by molar-refractivity contribution is -0.141. The van der Waals surface area contributed by atoms with E-state index in [1.54, 1.807) is 0 Å². The molecule has 0 saturated carbocycles. The number of pyridine rings is 1. The van der Waals surface area contributed by atoms with Gasteiger partial charge in [0.2, 0.25) is 0 Å². The summed E-state index contributed by atoms with van der Waals surface area (Å²) in [6.07, 6.45) is -3.69. The second kappa shape index (κ2) is 6.80. The van der Waals surface area contributed by atoms with E-state index in [0.29, 0.717) is 0 Å². The van der Waals surface area contributed by atoms with Crippen molar-refractivity contribution in [1.29, 1.82) is 0 Å². The van der Waals surface area contributed by atoms with Crippen LogP contribution in [0.15, 0.2) is 30.5 Å². The van der Waals surface area contributed by atoms with Crippen LogP contribution in [0.1, 0.15) is 11.5 Å². The third kappa shape index (κ3) is 3.46. The van der Waals surface area contributed by atoms with Crippen molar-refractivity contribution < 1.29 is 26.7 Å².